The monoisotopic (exact) mass is 465 g/mol. The van der Waals surface area contributed by atoms with Crippen molar-refractivity contribution in [3.8, 4) is 17.1 Å². The Morgan fingerprint density at radius 2 is 2.06 bits per heavy atom. The molecule has 174 valence electrons. The fourth-order valence-corrected chi connectivity index (χ4v) is 3.06. The first-order valence-electron chi connectivity index (χ1n) is 9.74. The summed E-state index contributed by atoms with van der Waals surface area (Å²) >= 11 is 0. The van der Waals surface area contributed by atoms with Gasteiger partial charge in [-0.25, -0.2) is 10.1 Å². The molecule has 3 aromatic heterocycles. The van der Waals surface area contributed by atoms with E-state index in [1.807, 2.05) is 30.3 Å². The van der Waals surface area contributed by atoms with Crippen LogP contribution in [-0.4, -0.2) is 60.2 Å². The summed E-state index contributed by atoms with van der Waals surface area (Å²) in [6, 6.07) is 9.27. The summed E-state index contributed by atoms with van der Waals surface area (Å²) in [5, 5.41) is 23.3. The highest BCUT2D eigenvalue weighted by atomic mass is 16.6. The van der Waals surface area contributed by atoms with E-state index in [-0.39, 0.29) is 36.2 Å². The molecular weight excluding hydrogens is 446 g/mol. The average molecular weight is 465 g/mol. The third-order valence-corrected chi connectivity index (χ3v) is 4.48. The van der Waals surface area contributed by atoms with Crippen molar-refractivity contribution >= 4 is 23.8 Å². The molecule has 15 heteroatoms. The van der Waals surface area contributed by atoms with E-state index in [2.05, 4.69) is 40.9 Å². The van der Waals surface area contributed by atoms with E-state index >= 15 is 0 Å². The third kappa shape index (κ3) is 4.63. The second kappa shape index (κ2) is 9.70. The number of methoxy groups -OCH3 is 1. The van der Waals surface area contributed by atoms with Crippen LogP contribution in [0.3, 0.4) is 0 Å². The maximum absolute atomic E-state index is 12.7. The fourth-order valence-electron chi connectivity index (χ4n) is 3.06. The van der Waals surface area contributed by atoms with Crippen molar-refractivity contribution < 1.29 is 19.0 Å². The summed E-state index contributed by atoms with van der Waals surface area (Å²) < 4.78 is 12.3. The Bertz CT molecular complexity index is 1340. The number of rotatable bonds is 9. The maximum Gasteiger partial charge on any atom is 0.293 e. The standard InChI is InChI=1S/C19H19N11O4/c1-33-10-13-16(23-28-30(13)18-17(21)26-34-27-18)19(32)24-22-7-12-8-29(9-14(20)31)25-15(12)11-5-3-2-4-6-11/h2-8H,9-10H2,1H3,(H2,20,31)(H2,21,26)(H,24,32). The summed E-state index contributed by atoms with van der Waals surface area (Å²) in [6.07, 6.45) is 2.99. The molecule has 4 aromatic rings. The quantitative estimate of drug-likeness (QED) is 0.213. The van der Waals surface area contributed by atoms with Crippen molar-refractivity contribution in [2.45, 2.75) is 13.2 Å². The number of hydrogen-bond donors (Lipinski definition) is 3. The molecule has 0 bridgehead atoms. The molecule has 0 saturated carbocycles. The number of nitrogens with zero attached hydrogens (tertiary/aromatic N) is 8. The predicted octanol–water partition coefficient (Wildman–Crippen LogP) is -0.508. The molecule has 0 spiro atoms. The summed E-state index contributed by atoms with van der Waals surface area (Å²) in [7, 11) is 1.44. The zero-order valence-corrected chi connectivity index (χ0v) is 17.8. The molecule has 0 unspecified atom stereocenters. The van der Waals surface area contributed by atoms with Gasteiger partial charge in [0.05, 0.1) is 12.8 Å². The number of nitrogen functional groups attached to an aromatic ring is 1. The molecule has 15 nitrogen and oxygen atoms in total. The number of hydrogen-bond acceptors (Lipinski definition) is 11. The van der Waals surface area contributed by atoms with Crippen LogP contribution in [0.4, 0.5) is 5.82 Å². The van der Waals surface area contributed by atoms with Crippen LogP contribution in [0.25, 0.3) is 17.1 Å². The first-order chi connectivity index (χ1) is 16.5. The van der Waals surface area contributed by atoms with Gasteiger partial charge in [-0.3, -0.25) is 14.3 Å². The highest BCUT2D eigenvalue weighted by Gasteiger charge is 2.23. The van der Waals surface area contributed by atoms with Gasteiger partial charge in [0.2, 0.25) is 17.5 Å². The van der Waals surface area contributed by atoms with E-state index < -0.39 is 11.8 Å². The van der Waals surface area contributed by atoms with Crippen LogP contribution in [0.15, 0.2) is 46.3 Å². The van der Waals surface area contributed by atoms with E-state index in [4.69, 9.17) is 16.2 Å². The van der Waals surface area contributed by atoms with E-state index in [1.165, 1.54) is 22.7 Å². The number of aromatic nitrogens is 7. The Labute approximate surface area is 191 Å². The van der Waals surface area contributed by atoms with Crippen molar-refractivity contribution in [3.05, 3.63) is 53.5 Å². The highest BCUT2D eigenvalue weighted by molar-refractivity contribution is 5.95. The first kappa shape index (κ1) is 22.3. The number of hydrazone groups is 1. The minimum atomic E-state index is -0.657. The normalized spacial score (nSPS) is 11.2. The number of primary amides is 1. The zero-order valence-electron chi connectivity index (χ0n) is 17.8. The number of nitrogens with one attached hydrogen (secondary N) is 1. The highest BCUT2D eigenvalue weighted by Crippen LogP contribution is 2.21. The molecule has 0 atom stereocenters. The van der Waals surface area contributed by atoms with Gasteiger partial charge < -0.3 is 16.2 Å². The lowest BCUT2D eigenvalue weighted by Crippen LogP contribution is -2.20. The maximum atomic E-state index is 12.7. The number of anilines is 1. The lowest BCUT2D eigenvalue weighted by atomic mass is 10.1. The fraction of sp³-hybridized carbons (Fsp3) is 0.158. The van der Waals surface area contributed by atoms with E-state index in [1.54, 1.807) is 6.20 Å². The lowest BCUT2D eigenvalue weighted by Gasteiger charge is -2.03. The Balaban J connectivity index is 1.58. The SMILES string of the molecule is COCc1c(C(=O)NN=Cc2cn(CC(N)=O)nc2-c2ccccc2)nnn1-c1nonc1N. The molecule has 3 heterocycles. The second-order valence-electron chi connectivity index (χ2n) is 6.86. The molecule has 0 saturated heterocycles. The van der Waals surface area contributed by atoms with E-state index in [0.29, 0.717) is 11.3 Å². The molecule has 4 rings (SSSR count). The van der Waals surface area contributed by atoms with Gasteiger partial charge in [0, 0.05) is 24.4 Å². The molecule has 2 amide bonds. The van der Waals surface area contributed by atoms with Gasteiger partial charge in [-0.2, -0.15) is 14.9 Å². The zero-order chi connectivity index (χ0) is 24.1. The van der Waals surface area contributed by atoms with Crippen LogP contribution >= 0.6 is 0 Å². The van der Waals surface area contributed by atoms with Crippen LogP contribution in [0, 0.1) is 0 Å². The molecule has 0 radical (unpaired) electrons. The van der Waals surface area contributed by atoms with Gasteiger partial charge in [0.25, 0.3) is 5.91 Å². The molecular formula is C19H19N11O4. The summed E-state index contributed by atoms with van der Waals surface area (Å²) in [6.45, 7) is -0.132. The first-order valence-corrected chi connectivity index (χ1v) is 9.74. The number of nitrogens with two attached hydrogens (primary N) is 2. The molecule has 1 aromatic carbocycles. The van der Waals surface area contributed by atoms with Gasteiger partial charge >= 0.3 is 0 Å². The van der Waals surface area contributed by atoms with Crippen molar-refractivity contribution in [3.63, 3.8) is 0 Å². The van der Waals surface area contributed by atoms with E-state index in [0.717, 1.165) is 5.56 Å². The molecule has 0 aliphatic rings. The number of carbonyl (C=O) groups is 2. The number of benzene rings is 1. The van der Waals surface area contributed by atoms with Crippen LogP contribution in [0.5, 0.6) is 0 Å². The third-order valence-electron chi connectivity index (χ3n) is 4.48. The lowest BCUT2D eigenvalue weighted by molar-refractivity contribution is -0.118. The summed E-state index contributed by atoms with van der Waals surface area (Å²) in [5.41, 5.74) is 15.5. The largest absolute Gasteiger partial charge is 0.378 e. The summed E-state index contributed by atoms with van der Waals surface area (Å²) in [5.74, 6) is -1.17. The van der Waals surface area contributed by atoms with Crippen LogP contribution in [-0.2, 0) is 22.7 Å². The van der Waals surface area contributed by atoms with Crippen molar-refractivity contribution in [1.29, 1.82) is 0 Å². The Kier molecular flexibility index (Phi) is 6.35. The van der Waals surface area contributed by atoms with Crippen LogP contribution in [0.2, 0.25) is 0 Å². The van der Waals surface area contributed by atoms with Gasteiger partial charge in [-0.1, -0.05) is 35.5 Å². The van der Waals surface area contributed by atoms with Crippen molar-refractivity contribution in [2.24, 2.45) is 10.8 Å². The minimum absolute atomic E-state index is 0.0240. The van der Waals surface area contributed by atoms with Crippen LogP contribution < -0.4 is 16.9 Å². The average Bonchev–Trinajstić information content (AvgIpc) is 3.53. The molecule has 0 fully saturated rings. The number of amides is 2. The number of ether oxygens (including phenoxy) is 1. The molecule has 34 heavy (non-hydrogen) atoms. The minimum Gasteiger partial charge on any atom is -0.378 e. The summed E-state index contributed by atoms with van der Waals surface area (Å²) in [4.78, 5) is 24.0. The molecule has 0 aliphatic heterocycles. The second-order valence-corrected chi connectivity index (χ2v) is 6.86. The van der Waals surface area contributed by atoms with Gasteiger partial charge in [0.15, 0.2) is 5.69 Å². The van der Waals surface area contributed by atoms with Gasteiger partial charge in [-0.15, -0.1) is 5.10 Å². The predicted molar refractivity (Wildman–Crippen MR) is 116 cm³/mol. The van der Waals surface area contributed by atoms with Gasteiger partial charge in [-0.05, 0) is 10.3 Å². The topological polar surface area (TPSA) is 207 Å². The van der Waals surface area contributed by atoms with Gasteiger partial charge in [0.1, 0.15) is 17.9 Å². The molecule has 0 aliphatic carbocycles. The Hall–Kier alpha value is -4.92. The van der Waals surface area contributed by atoms with Crippen LogP contribution in [0.1, 0.15) is 21.7 Å². The number of carbonyl (C=O) groups excluding carboxylic acids is 2. The van der Waals surface area contributed by atoms with E-state index in [9.17, 15) is 9.59 Å². The molecule has 5 N–H and O–H groups in total. The Morgan fingerprint density at radius 1 is 1.26 bits per heavy atom. The van der Waals surface area contributed by atoms with Crippen molar-refractivity contribution in [2.75, 3.05) is 12.8 Å². The smallest absolute Gasteiger partial charge is 0.293 e. The van der Waals surface area contributed by atoms with Crippen molar-refractivity contribution in [1.82, 2.24) is 40.5 Å². The Morgan fingerprint density at radius 3 is 2.74 bits per heavy atom.